The summed E-state index contributed by atoms with van der Waals surface area (Å²) < 4.78 is 27.8. The number of rotatable bonds is 2. The summed E-state index contributed by atoms with van der Waals surface area (Å²) in [5, 5.41) is 9.17. The van der Waals surface area contributed by atoms with Crippen molar-refractivity contribution in [3.05, 3.63) is 33.1 Å². The van der Waals surface area contributed by atoms with Crippen molar-refractivity contribution in [2.45, 2.75) is 24.5 Å². The van der Waals surface area contributed by atoms with Crippen molar-refractivity contribution in [1.82, 2.24) is 9.55 Å². The lowest BCUT2D eigenvalue weighted by atomic mass is 10.1. The predicted molar refractivity (Wildman–Crippen MR) is 60.2 cm³/mol. The van der Waals surface area contributed by atoms with Crippen LogP contribution in [0.2, 0.25) is 0 Å². The lowest BCUT2D eigenvalue weighted by molar-refractivity contribution is -0.0562. The highest BCUT2D eigenvalue weighted by Crippen LogP contribution is 2.37. The number of hydrogen-bond acceptors (Lipinski definition) is 7. The molecule has 1 aromatic heterocycles. The quantitative estimate of drug-likeness (QED) is 0.633. The average molecular weight is 290 g/mol. The summed E-state index contributed by atoms with van der Waals surface area (Å²) in [6, 6.07) is 1.15. The van der Waals surface area contributed by atoms with E-state index < -0.39 is 47.2 Å². The van der Waals surface area contributed by atoms with E-state index in [4.69, 9.17) is 13.1 Å². The molecule has 0 radical (unpaired) electrons. The molecule has 0 aromatic carbocycles. The third-order valence-corrected chi connectivity index (χ3v) is 3.73. The molecule has 5 atom stereocenters. The van der Waals surface area contributed by atoms with Gasteiger partial charge in [-0.15, -0.1) is 0 Å². The molecule has 2 aliphatic heterocycles. The van der Waals surface area contributed by atoms with Crippen LogP contribution in [0.3, 0.4) is 0 Å². The van der Waals surface area contributed by atoms with Gasteiger partial charge in [0.1, 0.15) is 12.2 Å². The zero-order valence-corrected chi connectivity index (χ0v) is 10.2. The fourth-order valence-corrected chi connectivity index (χ4v) is 2.98. The van der Waals surface area contributed by atoms with Crippen molar-refractivity contribution in [2.24, 2.45) is 0 Å². The minimum absolute atomic E-state index is 0.365. The molecule has 3 heterocycles. The smallest absolute Gasteiger partial charge is 0.330 e. The van der Waals surface area contributed by atoms with E-state index in [1.165, 1.54) is 6.20 Å². The number of hydrogen-bond donors (Lipinski definition) is 2. The fourth-order valence-electron chi connectivity index (χ4n) is 2.13. The lowest BCUT2D eigenvalue weighted by Gasteiger charge is -2.17. The Morgan fingerprint density at radius 1 is 1.37 bits per heavy atom. The number of fused-ring (bicyclic) bond motifs is 1. The van der Waals surface area contributed by atoms with E-state index in [1.807, 2.05) is 0 Å². The van der Waals surface area contributed by atoms with E-state index in [0.717, 1.165) is 10.6 Å². The fraction of sp³-hybridized carbons (Fsp3) is 0.556. The molecule has 104 valence electrons. The van der Waals surface area contributed by atoms with Crippen LogP contribution < -0.4 is 11.2 Å². The molecular weight excluding hydrogens is 280 g/mol. The summed E-state index contributed by atoms with van der Waals surface area (Å²) in [4.78, 5) is 24.8. The Morgan fingerprint density at radius 3 is 2.79 bits per heavy atom. The standard InChI is InChI=1S/C9H10N2O7S/c12-3-4-6-7(18-19(15)17-6)8(16-4)11-2-1-5(13)10-9(11)14/h1-2,4,6-8,12H,3H2,(H,10,13,14)/t4-,6-,7-,8-,19?/m1/s1. The van der Waals surface area contributed by atoms with Crippen LogP contribution in [0.25, 0.3) is 0 Å². The van der Waals surface area contributed by atoms with Gasteiger partial charge in [-0.1, -0.05) is 0 Å². The first kappa shape index (κ1) is 12.7. The minimum atomic E-state index is -1.94. The van der Waals surface area contributed by atoms with E-state index in [9.17, 15) is 18.9 Å². The van der Waals surface area contributed by atoms with Crippen LogP contribution in [-0.4, -0.2) is 43.8 Å². The number of aromatic amines is 1. The summed E-state index contributed by atoms with van der Waals surface area (Å²) in [6.07, 6.45) is -1.94. The Labute approximate surface area is 108 Å². The molecule has 9 nitrogen and oxygen atoms in total. The summed E-state index contributed by atoms with van der Waals surface area (Å²) in [5.74, 6) is 0. The summed E-state index contributed by atoms with van der Waals surface area (Å²) in [6.45, 7) is -0.365. The third-order valence-electron chi connectivity index (χ3n) is 2.97. The van der Waals surface area contributed by atoms with Crippen LogP contribution >= 0.6 is 0 Å². The van der Waals surface area contributed by atoms with Gasteiger partial charge in [0.05, 0.1) is 6.61 Å². The van der Waals surface area contributed by atoms with E-state index in [-0.39, 0.29) is 6.61 Å². The average Bonchev–Trinajstić information content (AvgIpc) is 2.87. The zero-order chi connectivity index (χ0) is 13.6. The second-order valence-electron chi connectivity index (χ2n) is 4.09. The minimum Gasteiger partial charge on any atom is -0.394 e. The molecule has 1 aromatic rings. The molecule has 0 amide bonds. The van der Waals surface area contributed by atoms with Crippen molar-refractivity contribution in [2.75, 3.05) is 6.61 Å². The SMILES string of the molecule is O=c1ccn([C@@H]2O[C@H](CO)[C@H]3OS(=O)O[C@H]32)c(=O)[nH]1. The molecule has 19 heavy (non-hydrogen) atoms. The topological polar surface area (TPSA) is 120 Å². The maximum atomic E-state index is 11.7. The number of ether oxygens (including phenoxy) is 1. The number of aliphatic hydroxyl groups is 1. The van der Waals surface area contributed by atoms with Gasteiger partial charge in [0, 0.05) is 12.3 Å². The molecule has 0 aliphatic carbocycles. The van der Waals surface area contributed by atoms with Crippen LogP contribution in [0.5, 0.6) is 0 Å². The normalized spacial score (nSPS) is 37.4. The monoisotopic (exact) mass is 290 g/mol. The lowest BCUT2D eigenvalue weighted by Crippen LogP contribution is -2.36. The molecule has 0 saturated carbocycles. The largest absolute Gasteiger partial charge is 0.394 e. The second kappa shape index (κ2) is 4.65. The van der Waals surface area contributed by atoms with Crippen LogP contribution in [0.15, 0.2) is 21.9 Å². The summed E-state index contributed by atoms with van der Waals surface area (Å²) in [7, 11) is 0. The molecule has 2 aliphatic rings. The first-order valence-electron chi connectivity index (χ1n) is 5.44. The molecule has 10 heteroatoms. The highest BCUT2D eigenvalue weighted by Gasteiger charge is 2.53. The Balaban J connectivity index is 1.99. The van der Waals surface area contributed by atoms with Gasteiger partial charge in [-0.3, -0.25) is 22.7 Å². The van der Waals surface area contributed by atoms with Crippen molar-refractivity contribution in [1.29, 1.82) is 0 Å². The second-order valence-corrected chi connectivity index (χ2v) is 4.88. The third kappa shape index (κ3) is 2.07. The van der Waals surface area contributed by atoms with Gasteiger partial charge in [-0.25, -0.2) is 4.79 Å². The predicted octanol–water partition coefficient (Wildman–Crippen LogP) is -2.21. The van der Waals surface area contributed by atoms with Crippen molar-refractivity contribution in [3.8, 4) is 0 Å². The van der Waals surface area contributed by atoms with Crippen molar-refractivity contribution < 1.29 is 22.4 Å². The van der Waals surface area contributed by atoms with Crippen LogP contribution in [-0.2, 0) is 24.5 Å². The Morgan fingerprint density at radius 2 is 2.11 bits per heavy atom. The zero-order valence-electron chi connectivity index (χ0n) is 9.42. The van der Waals surface area contributed by atoms with E-state index >= 15 is 0 Å². The first-order chi connectivity index (χ1) is 9.10. The van der Waals surface area contributed by atoms with Crippen LogP contribution in [0.1, 0.15) is 6.23 Å². The molecule has 3 rings (SSSR count). The number of aromatic nitrogens is 2. The van der Waals surface area contributed by atoms with Gasteiger partial charge < -0.3 is 9.84 Å². The molecule has 0 bridgehead atoms. The maximum absolute atomic E-state index is 11.7. The molecule has 2 fully saturated rings. The van der Waals surface area contributed by atoms with Crippen LogP contribution in [0.4, 0.5) is 0 Å². The molecule has 0 spiro atoms. The van der Waals surface area contributed by atoms with Gasteiger partial charge in [0.25, 0.3) is 5.56 Å². The van der Waals surface area contributed by atoms with Gasteiger partial charge >= 0.3 is 17.1 Å². The Bertz CT molecular complexity index is 625. The molecule has 2 saturated heterocycles. The summed E-state index contributed by atoms with van der Waals surface area (Å²) >= 11 is -1.94. The van der Waals surface area contributed by atoms with Gasteiger partial charge in [0.15, 0.2) is 12.3 Å². The van der Waals surface area contributed by atoms with E-state index in [1.54, 1.807) is 0 Å². The molecular formula is C9H10N2O7S. The van der Waals surface area contributed by atoms with Crippen molar-refractivity contribution >= 4 is 11.4 Å². The van der Waals surface area contributed by atoms with Crippen LogP contribution in [0, 0.1) is 0 Å². The molecule has 1 unspecified atom stereocenters. The van der Waals surface area contributed by atoms with Gasteiger partial charge in [0.2, 0.25) is 0 Å². The van der Waals surface area contributed by atoms with E-state index in [2.05, 4.69) is 4.98 Å². The Hall–Kier alpha value is -1.33. The number of nitrogens with one attached hydrogen (secondary N) is 1. The highest BCUT2D eigenvalue weighted by atomic mass is 32.2. The highest BCUT2D eigenvalue weighted by molar-refractivity contribution is 7.75. The maximum Gasteiger partial charge on any atom is 0.330 e. The van der Waals surface area contributed by atoms with E-state index in [0.29, 0.717) is 0 Å². The van der Waals surface area contributed by atoms with Crippen molar-refractivity contribution in [3.63, 3.8) is 0 Å². The van der Waals surface area contributed by atoms with Gasteiger partial charge in [-0.05, 0) is 0 Å². The van der Waals surface area contributed by atoms with Gasteiger partial charge in [-0.2, -0.15) is 4.21 Å². The summed E-state index contributed by atoms with van der Waals surface area (Å²) in [5.41, 5.74) is -1.22. The Kier molecular flexibility index (Phi) is 3.11. The number of H-pyrrole nitrogens is 1. The number of aliphatic hydroxyl groups excluding tert-OH is 1. The molecule has 2 N–H and O–H groups in total. The first-order valence-corrected chi connectivity index (χ1v) is 6.44. The number of nitrogens with zero attached hydrogens (tertiary/aromatic N) is 1.